The Bertz CT molecular complexity index is 661. The van der Waals surface area contributed by atoms with Crippen LogP contribution in [-0.4, -0.2) is 34.9 Å². The van der Waals surface area contributed by atoms with Crippen molar-refractivity contribution in [1.82, 2.24) is 30.0 Å². The number of rotatable bonds is 5. The number of hydrogen-bond donors (Lipinski definition) is 0. The van der Waals surface area contributed by atoms with E-state index in [-0.39, 0.29) is 5.69 Å². The van der Waals surface area contributed by atoms with Gasteiger partial charge in [0.25, 0.3) is 0 Å². The number of aryl methyl sites for hydroxylation is 2. The number of aromatic nitrogens is 6. The molecule has 10 heteroatoms. The Morgan fingerprint density at radius 3 is 2.85 bits per heavy atom. The van der Waals surface area contributed by atoms with Crippen molar-refractivity contribution in [3.05, 3.63) is 15.8 Å². The molecule has 0 unspecified atom stereocenters. The highest BCUT2D eigenvalue weighted by atomic mass is 32.2. The molecule has 0 atom stereocenters. The summed E-state index contributed by atoms with van der Waals surface area (Å²) in [5.74, 6) is 0. The second kappa shape index (κ2) is 4.85. The van der Waals surface area contributed by atoms with Crippen LogP contribution < -0.4 is 0 Å². The topological polar surface area (TPSA) is 105 Å². The lowest BCUT2D eigenvalue weighted by Gasteiger charge is -2.03. The maximum absolute atomic E-state index is 11.2. The van der Waals surface area contributed by atoms with Crippen molar-refractivity contribution >= 4 is 17.4 Å². The third kappa shape index (κ3) is 2.15. The first-order valence-corrected chi connectivity index (χ1v) is 7.11. The predicted molar refractivity (Wildman–Crippen MR) is 69.5 cm³/mol. The van der Waals surface area contributed by atoms with Crippen molar-refractivity contribution in [3.63, 3.8) is 0 Å². The number of nitrogens with zero attached hydrogens (tertiary/aromatic N) is 7. The summed E-state index contributed by atoms with van der Waals surface area (Å²) in [5, 5.41) is 28.0. The van der Waals surface area contributed by atoms with Crippen molar-refractivity contribution in [3.8, 4) is 0 Å². The minimum absolute atomic E-state index is 0.0298. The molecule has 20 heavy (non-hydrogen) atoms. The van der Waals surface area contributed by atoms with Crippen LogP contribution in [0.3, 0.4) is 0 Å². The molecule has 1 aliphatic rings. The highest BCUT2D eigenvalue weighted by Gasteiger charge is 2.31. The lowest BCUT2D eigenvalue weighted by Crippen LogP contribution is -2.02. The zero-order chi connectivity index (χ0) is 14.3. The monoisotopic (exact) mass is 295 g/mol. The van der Waals surface area contributed by atoms with Crippen LogP contribution in [0.25, 0.3) is 0 Å². The van der Waals surface area contributed by atoms with Gasteiger partial charge in [-0.05, 0) is 48.9 Å². The molecule has 0 amide bonds. The first kappa shape index (κ1) is 13.0. The number of nitro groups is 1. The lowest BCUT2D eigenvalue weighted by atomic mass is 10.4. The molecule has 2 aromatic heterocycles. The lowest BCUT2D eigenvalue weighted by molar-refractivity contribution is -0.388. The van der Waals surface area contributed by atoms with Crippen molar-refractivity contribution in [2.75, 3.05) is 0 Å². The Kier molecular flexibility index (Phi) is 3.16. The molecular weight excluding hydrogens is 282 g/mol. The predicted octanol–water partition coefficient (Wildman–Crippen LogP) is 1.59. The molecule has 0 saturated heterocycles. The maximum atomic E-state index is 11.2. The van der Waals surface area contributed by atoms with Crippen molar-refractivity contribution in [1.29, 1.82) is 0 Å². The molecule has 0 N–H and O–H groups in total. The molecule has 1 saturated carbocycles. The summed E-state index contributed by atoms with van der Waals surface area (Å²) >= 11 is 1.20. The van der Waals surface area contributed by atoms with Crippen LogP contribution in [0, 0.1) is 17.0 Å². The van der Waals surface area contributed by atoms with E-state index in [1.54, 1.807) is 16.3 Å². The van der Waals surface area contributed by atoms with Crippen LogP contribution in [0.4, 0.5) is 5.69 Å². The molecule has 0 spiro atoms. The van der Waals surface area contributed by atoms with E-state index in [2.05, 4.69) is 20.6 Å². The van der Waals surface area contributed by atoms with Gasteiger partial charge in [-0.15, -0.1) is 5.10 Å². The quantitative estimate of drug-likeness (QED) is 0.609. The highest BCUT2D eigenvalue weighted by Crippen LogP contribution is 2.40. The van der Waals surface area contributed by atoms with Crippen molar-refractivity contribution < 1.29 is 4.92 Å². The van der Waals surface area contributed by atoms with E-state index in [0.717, 1.165) is 12.8 Å². The van der Waals surface area contributed by atoms with Crippen LogP contribution in [-0.2, 0) is 6.54 Å². The molecule has 1 aliphatic carbocycles. The largest absolute Gasteiger partial charge is 0.324 e. The molecular formula is C10H13N7O2S. The van der Waals surface area contributed by atoms with Crippen molar-refractivity contribution in [2.45, 2.75) is 49.5 Å². The van der Waals surface area contributed by atoms with E-state index >= 15 is 0 Å². The van der Waals surface area contributed by atoms with Gasteiger partial charge in [0.2, 0.25) is 5.16 Å². The molecule has 2 heterocycles. The fraction of sp³-hybridized carbons (Fsp3) is 0.600. The average Bonchev–Trinajstić information content (AvgIpc) is 3.06. The van der Waals surface area contributed by atoms with E-state index in [1.165, 1.54) is 11.8 Å². The van der Waals surface area contributed by atoms with Gasteiger partial charge in [-0.25, -0.2) is 4.68 Å². The van der Waals surface area contributed by atoms with E-state index < -0.39 is 4.92 Å². The minimum atomic E-state index is -0.401. The summed E-state index contributed by atoms with van der Waals surface area (Å²) in [7, 11) is 0. The Morgan fingerprint density at radius 1 is 1.50 bits per heavy atom. The van der Waals surface area contributed by atoms with Crippen LogP contribution in [0.15, 0.2) is 10.2 Å². The summed E-state index contributed by atoms with van der Waals surface area (Å²) in [6.45, 7) is 4.09. The van der Waals surface area contributed by atoms with Gasteiger partial charge in [-0.2, -0.15) is 5.10 Å². The fourth-order valence-corrected chi connectivity index (χ4v) is 3.09. The van der Waals surface area contributed by atoms with Gasteiger partial charge in [0.1, 0.15) is 5.69 Å². The van der Waals surface area contributed by atoms with Gasteiger partial charge < -0.3 is 0 Å². The zero-order valence-electron chi connectivity index (χ0n) is 11.1. The van der Waals surface area contributed by atoms with Gasteiger partial charge in [0.15, 0.2) is 5.03 Å². The molecule has 0 radical (unpaired) electrons. The molecule has 0 bridgehead atoms. The normalized spacial score (nSPS) is 14.7. The first-order chi connectivity index (χ1) is 9.61. The minimum Gasteiger partial charge on any atom is -0.258 e. The molecule has 1 fully saturated rings. The number of tetrazole rings is 1. The Morgan fingerprint density at radius 2 is 2.25 bits per heavy atom. The third-order valence-electron chi connectivity index (χ3n) is 3.08. The molecule has 2 aromatic rings. The summed E-state index contributed by atoms with van der Waals surface area (Å²) < 4.78 is 3.35. The maximum Gasteiger partial charge on any atom is 0.324 e. The van der Waals surface area contributed by atoms with Crippen LogP contribution in [0.2, 0.25) is 0 Å². The molecule has 0 aliphatic heterocycles. The van der Waals surface area contributed by atoms with Gasteiger partial charge in [-0.3, -0.25) is 14.8 Å². The molecule has 9 nitrogen and oxygen atoms in total. The van der Waals surface area contributed by atoms with Crippen LogP contribution >= 0.6 is 11.8 Å². The fourth-order valence-electron chi connectivity index (χ4n) is 1.96. The van der Waals surface area contributed by atoms with E-state index in [1.807, 2.05) is 6.92 Å². The SMILES string of the molecule is CCn1nc(C)c([N+](=O)[O-])c1Sc1nnnn1C1CC1. The molecule has 106 valence electrons. The summed E-state index contributed by atoms with van der Waals surface area (Å²) in [5.41, 5.74) is 0.437. The summed E-state index contributed by atoms with van der Waals surface area (Å²) in [6, 6.07) is 0.325. The van der Waals surface area contributed by atoms with Crippen LogP contribution in [0.5, 0.6) is 0 Å². The molecule has 3 rings (SSSR count). The average molecular weight is 295 g/mol. The second-order valence-corrected chi connectivity index (χ2v) is 5.51. The van der Waals surface area contributed by atoms with E-state index in [0.29, 0.717) is 28.5 Å². The Hall–Kier alpha value is -1.97. The highest BCUT2D eigenvalue weighted by molar-refractivity contribution is 7.99. The smallest absolute Gasteiger partial charge is 0.258 e. The second-order valence-electron chi connectivity index (χ2n) is 4.55. The van der Waals surface area contributed by atoms with Gasteiger partial charge in [0.05, 0.1) is 11.0 Å². The first-order valence-electron chi connectivity index (χ1n) is 6.29. The third-order valence-corrected chi connectivity index (χ3v) is 4.12. The summed E-state index contributed by atoms with van der Waals surface area (Å²) in [4.78, 5) is 10.8. The Balaban J connectivity index is 2.00. The standard InChI is InChI=1S/C10H13N7O2S/c1-3-15-9(8(17(18)19)6(2)12-15)20-10-11-13-14-16(10)7-4-5-7/h7H,3-5H2,1-2H3. The Labute approximate surface area is 118 Å². The zero-order valence-corrected chi connectivity index (χ0v) is 11.9. The van der Waals surface area contributed by atoms with Gasteiger partial charge >= 0.3 is 5.69 Å². The van der Waals surface area contributed by atoms with Crippen molar-refractivity contribution in [2.24, 2.45) is 0 Å². The number of hydrogen-bond acceptors (Lipinski definition) is 7. The summed E-state index contributed by atoms with van der Waals surface area (Å²) in [6.07, 6.45) is 2.10. The van der Waals surface area contributed by atoms with E-state index in [4.69, 9.17) is 0 Å². The van der Waals surface area contributed by atoms with Gasteiger partial charge in [0, 0.05) is 6.54 Å². The van der Waals surface area contributed by atoms with Gasteiger partial charge in [-0.1, -0.05) is 0 Å². The van der Waals surface area contributed by atoms with E-state index in [9.17, 15) is 10.1 Å². The van der Waals surface area contributed by atoms with Crippen LogP contribution in [0.1, 0.15) is 31.5 Å². The molecule has 0 aromatic carbocycles.